The SMILES string of the molecule is COc1ccc2nc(O[C@@H]3C[C@H]4C(=O)N[C@]5(C(=O)O)C[C@H]5/C=C\CCCCC[C@H](NCc5ccccc5)C(=O)N4C3)sc2c1. The van der Waals surface area contributed by atoms with E-state index >= 15 is 0 Å². The number of hydrogen-bond acceptors (Lipinski definition) is 8. The highest BCUT2D eigenvalue weighted by atomic mass is 32.1. The molecule has 2 fully saturated rings. The molecule has 3 N–H and O–H groups in total. The lowest BCUT2D eigenvalue weighted by Crippen LogP contribution is -2.55. The molecular formula is C33H38N4O6S. The predicted octanol–water partition coefficient (Wildman–Crippen LogP) is 4.29. The largest absolute Gasteiger partial charge is 0.497 e. The smallest absolute Gasteiger partial charge is 0.330 e. The number of carbonyl (C=O) groups excluding carboxylic acids is 2. The van der Waals surface area contributed by atoms with Gasteiger partial charge in [0.1, 0.15) is 23.4 Å². The van der Waals surface area contributed by atoms with Crippen LogP contribution in [0.15, 0.2) is 60.7 Å². The number of carbonyl (C=O) groups is 3. The molecule has 1 aromatic heterocycles. The highest BCUT2D eigenvalue weighted by Crippen LogP contribution is 2.45. The van der Waals surface area contributed by atoms with Gasteiger partial charge in [0.2, 0.25) is 11.8 Å². The number of carboxylic acid groups (broad SMARTS) is 1. The van der Waals surface area contributed by atoms with Crippen LogP contribution in [-0.4, -0.2) is 70.2 Å². The molecule has 2 amide bonds. The van der Waals surface area contributed by atoms with Gasteiger partial charge in [-0.05, 0) is 49.4 Å². The van der Waals surface area contributed by atoms with Crippen LogP contribution in [0.1, 0.15) is 50.5 Å². The van der Waals surface area contributed by atoms with Crippen molar-refractivity contribution in [3.63, 3.8) is 0 Å². The molecule has 3 heterocycles. The van der Waals surface area contributed by atoms with Crippen LogP contribution >= 0.6 is 11.3 Å². The van der Waals surface area contributed by atoms with Crippen LogP contribution in [0.5, 0.6) is 10.9 Å². The standard InChI is InChI=1S/C33H38N4O6S/c1-42-23-14-15-25-28(17-23)44-32(35-25)43-24-16-27-29(38)36-33(31(40)41)18-22(33)12-8-3-2-4-9-13-26(30(39)37(27)20-24)34-19-21-10-6-5-7-11-21/h5-8,10-12,14-15,17,22,24,26-27,34H,2-4,9,13,16,18-20H2,1H3,(H,36,38)(H,40,41)/b12-8-/t22-,24-,26+,27+,33-/m1/s1. The van der Waals surface area contributed by atoms with Crippen LogP contribution in [0.25, 0.3) is 10.2 Å². The van der Waals surface area contributed by atoms with Crippen molar-refractivity contribution in [2.75, 3.05) is 13.7 Å². The molecular weight excluding hydrogens is 580 g/mol. The summed E-state index contributed by atoms with van der Waals surface area (Å²) in [6, 6.07) is 14.1. The molecule has 10 nitrogen and oxygen atoms in total. The molecule has 0 radical (unpaired) electrons. The van der Waals surface area contributed by atoms with E-state index in [4.69, 9.17) is 9.47 Å². The van der Waals surface area contributed by atoms with Gasteiger partial charge in [-0.15, -0.1) is 0 Å². The number of methoxy groups -OCH3 is 1. The Morgan fingerprint density at radius 1 is 1.18 bits per heavy atom. The van der Waals surface area contributed by atoms with Crippen LogP contribution in [-0.2, 0) is 20.9 Å². The van der Waals surface area contributed by atoms with Crippen LogP contribution in [0.4, 0.5) is 0 Å². The van der Waals surface area contributed by atoms with Gasteiger partial charge in [-0.3, -0.25) is 9.59 Å². The number of carboxylic acids is 1. The lowest BCUT2D eigenvalue weighted by Gasteiger charge is -2.29. The third-order valence-electron chi connectivity index (χ3n) is 8.86. The van der Waals surface area contributed by atoms with Crippen molar-refractivity contribution in [3.8, 4) is 10.9 Å². The van der Waals surface area contributed by atoms with Gasteiger partial charge in [-0.25, -0.2) is 9.78 Å². The molecule has 1 saturated carbocycles. The lowest BCUT2D eigenvalue weighted by atomic mass is 10.0. The second kappa shape index (κ2) is 13.0. The molecule has 0 bridgehead atoms. The van der Waals surface area contributed by atoms with Gasteiger partial charge >= 0.3 is 5.97 Å². The number of aliphatic carboxylic acids is 1. The van der Waals surface area contributed by atoms with E-state index in [-0.39, 0.29) is 24.8 Å². The molecule has 2 aliphatic heterocycles. The first-order valence-corrected chi connectivity index (χ1v) is 16.1. The van der Waals surface area contributed by atoms with E-state index in [1.165, 1.54) is 11.3 Å². The molecule has 232 valence electrons. The maximum Gasteiger partial charge on any atom is 0.330 e. The zero-order valence-electron chi connectivity index (χ0n) is 24.7. The summed E-state index contributed by atoms with van der Waals surface area (Å²) in [4.78, 5) is 46.6. The van der Waals surface area contributed by atoms with Crippen molar-refractivity contribution in [3.05, 3.63) is 66.2 Å². The summed E-state index contributed by atoms with van der Waals surface area (Å²) in [6.07, 6.45) is 8.25. The van der Waals surface area contributed by atoms with Crippen molar-refractivity contribution < 1.29 is 29.0 Å². The van der Waals surface area contributed by atoms with Crippen LogP contribution in [0, 0.1) is 5.92 Å². The molecule has 3 aliphatic rings. The zero-order chi connectivity index (χ0) is 30.7. The second-order valence-corrected chi connectivity index (χ2v) is 12.9. The van der Waals surface area contributed by atoms with Gasteiger partial charge in [0.15, 0.2) is 0 Å². The van der Waals surface area contributed by atoms with Gasteiger partial charge in [-0.1, -0.05) is 66.7 Å². The third kappa shape index (κ3) is 6.44. The Labute approximate surface area is 260 Å². The van der Waals surface area contributed by atoms with E-state index in [9.17, 15) is 19.5 Å². The van der Waals surface area contributed by atoms with Gasteiger partial charge < -0.3 is 30.1 Å². The molecule has 0 spiro atoms. The number of hydrogen-bond donors (Lipinski definition) is 3. The van der Waals surface area contributed by atoms with Crippen LogP contribution in [0.2, 0.25) is 0 Å². The fourth-order valence-electron chi connectivity index (χ4n) is 6.24. The summed E-state index contributed by atoms with van der Waals surface area (Å²) in [5, 5.41) is 16.8. The van der Waals surface area contributed by atoms with E-state index < -0.39 is 35.6 Å². The number of fused-ring (bicyclic) bond motifs is 3. The van der Waals surface area contributed by atoms with E-state index in [2.05, 4.69) is 15.6 Å². The minimum atomic E-state index is -1.35. The molecule has 1 aliphatic carbocycles. The Morgan fingerprint density at radius 3 is 2.82 bits per heavy atom. The molecule has 0 unspecified atom stereocenters. The van der Waals surface area contributed by atoms with Crippen LogP contribution in [0.3, 0.4) is 0 Å². The monoisotopic (exact) mass is 618 g/mol. The van der Waals surface area contributed by atoms with Crippen molar-refractivity contribution in [2.45, 2.75) is 75.2 Å². The minimum Gasteiger partial charge on any atom is -0.497 e. The van der Waals surface area contributed by atoms with E-state index in [1.54, 1.807) is 12.0 Å². The minimum absolute atomic E-state index is 0.175. The van der Waals surface area contributed by atoms with Crippen molar-refractivity contribution in [1.82, 2.24) is 20.5 Å². The molecule has 11 heteroatoms. The van der Waals surface area contributed by atoms with Crippen molar-refractivity contribution in [2.24, 2.45) is 5.92 Å². The van der Waals surface area contributed by atoms with Gasteiger partial charge in [0, 0.05) is 18.9 Å². The average Bonchev–Trinajstić information content (AvgIpc) is 3.34. The van der Waals surface area contributed by atoms with Gasteiger partial charge in [0.05, 0.1) is 29.9 Å². The normalized spacial score (nSPS) is 28.2. The fraction of sp³-hybridized carbons (Fsp3) is 0.455. The van der Waals surface area contributed by atoms with E-state index in [0.29, 0.717) is 24.6 Å². The quantitative estimate of drug-likeness (QED) is 0.335. The molecule has 6 rings (SSSR count). The van der Waals surface area contributed by atoms with E-state index in [0.717, 1.165) is 47.2 Å². The number of thiazole rings is 1. The fourth-order valence-corrected chi connectivity index (χ4v) is 7.15. The number of aromatic nitrogens is 1. The van der Waals surface area contributed by atoms with Gasteiger partial charge in [-0.2, -0.15) is 0 Å². The Bertz CT molecular complexity index is 1540. The number of nitrogens with zero attached hydrogens (tertiary/aromatic N) is 2. The third-order valence-corrected chi connectivity index (χ3v) is 9.77. The summed E-state index contributed by atoms with van der Waals surface area (Å²) in [7, 11) is 1.61. The molecule has 44 heavy (non-hydrogen) atoms. The summed E-state index contributed by atoms with van der Waals surface area (Å²) in [5.74, 6) is -1.25. The van der Waals surface area contributed by atoms with Gasteiger partial charge in [0.25, 0.3) is 5.19 Å². The lowest BCUT2D eigenvalue weighted by molar-refractivity contribution is -0.145. The van der Waals surface area contributed by atoms with Crippen molar-refractivity contribution in [1.29, 1.82) is 0 Å². The first-order chi connectivity index (χ1) is 21.4. The Hall–Kier alpha value is -3.96. The molecule has 1 saturated heterocycles. The summed E-state index contributed by atoms with van der Waals surface area (Å²) in [5.41, 5.74) is 0.487. The summed E-state index contributed by atoms with van der Waals surface area (Å²) < 4.78 is 12.5. The first kappa shape index (κ1) is 30.1. The first-order valence-electron chi connectivity index (χ1n) is 15.3. The average molecular weight is 619 g/mol. The molecule has 2 aromatic carbocycles. The number of rotatable bonds is 7. The number of allylic oxidation sites excluding steroid dienone is 1. The molecule has 3 aromatic rings. The number of benzene rings is 2. The molecule has 5 atom stereocenters. The number of ether oxygens (including phenoxy) is 2. The predicted molar refractivity (Wildman–Crippen MR) is 167 cm³/mol. The Balaban J connectivity index is 1.26. The number of nitrogens with one attached hydrogen (secondary N) is 2. The van der Waals surface area contributed by atoms with E-state index in [1.807, 2.05) is 60.7 Å². The summed E-state index contributed by atoms with van der Waals surface area (Å²) in [6.45, 7) is 0.715. The maximum atomic E-state index is 14.2. The highest BCUT2D eigenvalue weighted by molar-refractivity contribution is 7.20. The maximum absolute atomic E-state index is 14.2. The summed E-state index contributed by atoms with van der Waals surface area (Å²) >= 11 is 1.38. The van der Waals surface area contributed by atoms with Crippen LogP contribution < -0.4 is 20.1 Å². The Kier molecular flexibility index (Phi) is 8.86. The van der Waals surface area contributed by atoms with Crippen molar-refractivity contribution >= 4 is 39.3 Å². The highest BCUT2D eigenvalue weighted by Gasteiger charge is 2.61. The topological polar surface area (TPSA) is 130 Å². The zero-order valence-corrected chi connectivity index (χ0v) is 25.6. The number of amides is 2. The Morgan fingerprint density at radius 2 is 2.02 bits per heavy atom. The second-order valence-electron chi connectivity index (χ2n) is 11.9.